The van der Waals surface area contributed by atoms with Crippen molar-refractivity contribution in [1.82, 2.24) is 9.97 Å². The zero-order valence-corrected chi connectivity index (χ0v) is 19.7. The van der Waals surface area contributed by atoms with E-state index in [0.29, 0.717) is 34.7 Å². The van der Waals surface area contributed by atoms with Crippen LogP contribution in [-0.4, -0.2) is 35.6 Å². The molecular weight excluding hydrogens is 471 g/mol. The first-order valence-electron chi connectivity index (χ1n) is 9.99. The molecule has 170 valence electrons. The number of hydrogen-bond acceptors (Lipinski definition) is 5. The molecule has 1 aliphatic heterocycles. The normalized spacial score (nSPS) is 13.5. The molecule has 0 radical (unpaired) electrons. The van der Waals surface area contributed by atoms with Crippen LogP contribution in [0.25, 0.3) is 0 Å². The zero-order valence-electron chi connectivity index (χ0n) is 17.3. The molecule has 32 heavy (non-hydrogen) atoms. The summed E-state index contributed by atoms with van der Waals surface area (Å²) in [6, 6.07) is 14.7. The number of aromatic nitrogens is 2. The van der Waals surface area contributed by atoms with Crippen molar-refractivity contribution in [3.05, 3.63) is 77.7 Å². The predicted molar refractivity (Wildman–Crippen MR) is 133 cm³/mol. The third-order valence-corrected chi connectivity index (χ3v) is 5.44. The average Bonchev–Trinajstić information content (AvgIpc) is 2.80. The number of ether oxygens (including phenoxy) is 1. The summed E-state index contributed by atoms with van der Waals surface area (Å²) in [6.45, 7) is 2.57. The molecule has 2 aromatic heterocycles. The Morgan fingerprint density at radius 2 is 1.78 bits per heavy atom. The Bertz CT molecular complexity index is 982. The molecule has 4 rings (SSSR count). The van der Waals surface area contributed by atoms with Gasteiger partial charge in [-0.1, -0.05) is 23.7 Å². The second-order valence-electron chi connectivity index (χ2n) is 7.26. The Morgan fingerprint density at radius 3 is 2.47 bits per heavy atom. The summed E-state index contributed by atoms with van der Waals surface area (Å²) < 4.78 is 6.06. The van der Waals surface area contributed by atoms with Crippen LogP contribution in [0.3, 0.4) is 0 Å². The van der Waals surface area contributed by atoms with Crippen molar-refractivity contribution in [3.8, 4) is 5.75 Å². The second-order valence-corrected chi connectivity index (χ2v) is 7.70. The molecule has 1 fully saturated rings. The lowest BCUT2D eigenvalue weighted by Crippen LogP contribution is -2.35. The number of para-hydroxylation sites is 1. The maximum absolute atomic E-state index is 12.7. The Balaban J connectivity index is 0.00000181. The molecule has 0 spiro atoms. The number of carbonyl (C=O) groups excluding carboxylic acids is 1. The van der Waals surface area contributed by atoms with E-state index in [0.717, 1.165) is 25.9 Å². The molecule has 1 aliphatic rings. The fourth-order valence-corrected chi connectivity index (χ4v) is 3.65. The quantitative estimate of drug-likeness (QED) is 0.487. The van der Waals surface area contributed by atoms with Gasteiger partial charge in [0.1, 0.15) is 11.6 Å². The fourth-order valence-electron chi connectivity index (χ4n) is 3.53. The lowest BCUT2D eigenvalue weighted by molar-refractivity contribution is 0.102. The fraction of sp³-hybridized carbons (Fsp3) is 0.261. The number of benzene rings is 1. The molecule has 9 heteroatoms. The number of carbonyl (C=O) groups is 1. The minimum Gasteiger partial charge on any atom is -0.492 e. The van der Waals surface area contributed by atoms with Gasteiger partial charge in [-0.15, -0.1) is 24.8 Å². The Labute approximate surface area is 205 Å². The van der Waals surface area contributed by atoms with Crippen LogP contribution in [0.1, 0.15) is 23.2 Å². The second kappa shape index (κ2) is 12.5. The SMILES string of the molecule is Cl.Cl.O=C(Nc1ccc(Cl)cn1)c1ccccc1OCC1CCN(c2ccncc2)CC1. The van der Waals surface area contributed by atoms with Crippen LogP contribution >= 0.6 is 36.4 Å². The van der Waals surface area contributed by atoms with Crippen molar-refractivity contribution in [2.45, 2.75) is 12.8 Å². The topological polar surface area (TPSA) is 67.3 Å². The van der Waals surface area contributed by atoms with Crippen LogP contribution in [0.2, 0.25) is 5.02 Å². The van der Waals surface area contributed by atoms with Gasteiger partial charge in [-0.25, -0.2) is 4.98 Å². The van der Waals surface area contributed by atoms with E-state index in [4.69, 9.17) is 16.3 Å². The summed E-state index contributed by atoms with van der Waals surface area (Å²) in [5.74, 6) is 1.23. The number of amides is 1. The van der Waals surface area contributed by atoms with Gasteiger partial charge in [0, 0.05) is 37.4 Å². The van der Waals surface area contributed by atoms with Gasteiger partial charge in [-0.05, 0) is 55.2 Å². The minimum absolute atomic E-state index is 0. The first-order chi connectivity index (χ1) is 14.7. The van der Waals surface area contributed by atoms with E-state index in [2.05, 4.69) is 20.2 Å². The Kier molecular flexibility index (Phi) is 10.0. The van der Waals surface area contributed by atoms with Crippen molar-refractivity contribution in [2.75, 3.05) is 29.9 Å². The lowest BCUT2D eigenvalue weighted by Gasteiger charge is -2.33. The summed E-state index contributed by atoms with van der Waals surface area (Å²) in [7, 11) is 0. The largest absolute Gasteiger partial charge is 0.492 e. The molecule has 1 N–H and O–H groups in total. The van der Waals surface area contributed by atoms with E-state index in [9.17, 15) is 4.79 Å². The number of pyridine rings is 2. The molecule has 0 aliphatic carbocycles. The van der Waals surface area contributed by atoms with Gasteiger partial charge < -0.3 is 15.0 Å². The van der Waals surface area contributed by atoms with E-state index >= 15 is 0 Å². The number of anilines is 2. The van der Waals surface area contributed by atoms with Gasteiger partial charge >= 0.3 is 0 Å². The first kappa shape index (κ1) is 25.7. The molecule has 3 heterocycles. The molecule has 1 amide bonds. The maximum atomic E-state index is 12.7. The minimum atomic E-state index is -0.257. The number of nitrogens with zero attached hydrogens (tertiary/aromatic N) is 3. The van der Waals surface area contributed by atoms with Crippen molar-refractivity contribution >= 4 is 53.8 Å². The van der Waals surface area contributed by atoms with E-state index in [1.807, 2.05) is 42.7 Å². The standard InChI is InChI=1S/C23H23ClN4O2.2ClH/c24-18-5-6-22(26-15-18)27-23(29)20-3-1-2-4-21(20)30-16-17-9-13-28(14-10-17)19-7-11-25-12-8-19;;/h1-8,11-12,15,17H,9-10,13-14,16H2,(H,26,27,29);2*1H. The number of halogens is 3. The first-order valence-corrected chi connectivity index (χ1v) is 10.4. The van der Waals surface area contributed by atoms with Crippen molar-refractivity contribution in [2.24, 2.45) is 5.92 Å². The highest BCUT2D eigenvalue weighted by atomic mass is 35.5. The van der Waals surface area contributed by atoms with Crippen LogP contribution < -0.4 is 15.0 Å². The number of rotatable bonds is 6. The highest BCUT2D eigenvalue weighted by Crippen LogP contribution is 2.25. The smallest absolute Gasteiger partial charge is 0.260 e. The maximum Gasteiger partial charge on any atom is 0.260 e. The van der Waals surface area contributed by atoms with Gasteiger partial charge in [-0.3, -0.25) is 9.78 Å². The van der Waals surface area contributed by atoms with Crippen LogP contribution in [0.4, 0.5) is 11.5 Å². The third kappa shape index (κ3) is 6.73. The summed E-state index contributed by atoms with van der Waals surface area (Å²) in [5.41, 5.74) is 1.70. The van der Waals surface area contributed by atoms with Crippen LogP contribution in [-0.2, 0) is 0 Å². The van der Waals surface area contributed by atoms with Crippen molar-refractivity contribution in [3.63, 3.8) is 0 Å². The molecule has 1 saturated heterocycles. The Morgan fingerprint density at radius 1 is 1.06 bits per heavy atom. The molecule has 0 bridgehead atoms. The van der Waals surface area contributed by atoms with Crippen LogP contribution in [0.5, 0.6) is 5.75 Å². The number of nitrogens with one attached hydrogen (secondary N) is 1. The highest BCUT2D eigenvalue weighted by Gasteiger charge is 2.21. The van der Waals surface area contributed by atoms with E-state index in [-0.39, 0.29) is 30.7 Å². The predicted octanol–water partition coefficient (Wildman–Crippen LogP) is 5.52. The van der Waals surface area contributed by atoms with Crippen molar-refractivity contribution < 1.29 is 9.53 Å². The number of hydrogen-bond donors (Lipinski definition) is 1. The number of piperidine rings is 1. The van der Waals surface area contributed by atoms with Gasteiger partial charge in [0.25, 0.3) is 5.91 Å². The monoisotopic (exact) mass is 494 g/mol. The van der Waals surface area contributed by atoms with Crippen LogP contribution in [0.15, 0.2) is 67.1 Å². The van der Waals surface area contributed by atoms with E-state index < -0.39 is 0 Å². The van der Waals surface area contributed by atoms with Gasteiger partial charge in [0.05, 0.1) is 17.2 Å². The van der Waals surface area contributed by atoms with Gasteiger partial charge in [0.2, 0.25) is 0 Å². The summed E-state index contributed by atoms with van der Waals surface area (Å²) in [5, 5.41) is 3.31. The highest BCUT2D eigenvalue weighted by molar-refractivity contribution is 6.30. The summed E-state index contributed by atoms with van der Waals surface area (Å²) in [4.78, 5) is 23.3. The summed E-state index contributed by atoms with van der Waals surface area (Å²) >= 11 is 5.85. The molecule has 1 aromatic carbocycles. The average molecular weight is 496 g/mol. The zero-order chi connectivity index (χ0) is 20.8. The van der Waals surface area contributed by atoms with Crippen LogP contribution in [0, 0.1) is 5.92 Å². The molecule has 3 aromatic rings. The molecule has 0 atom stereocenters. The molecule has 6 nitrogen and oxygen atoms in total. The van der Waals surface area contributed by atoms with E-state index in [1.54, 1.807) is 18.2 Å². The Hall–Kier alpha value is -2.54. The van der Waals surface area contributed by atoms with Gasteiger partial charge in [-0.2, -0.15) is 0 Å². The van der Waals surface area contributed by atoms with Crippen molar-refractivity contribution in [1.29, 1.82) is 0 Å². The molecule has 0 unspecified atom stereocenters. The third-order valence-electron chi connectivity index (χ3n) is 5.22. The van der Waals surface area contributed by atoms with Gasteiger partial charge in [0.15, 0.2) is 0 Å². The lowest BCUT2D eigenvalue weighted by atomic mass is 9.97. The molecular formula is C23H25Cl3N4O2. The van der Waals surface area contributed by atoms with E-state index in [1.165, 1.54) is 11.9 Å². The summed E-state index contributed by atoms with van der Waals surface area (Å²) in [6.07, 6.45) is 7.24. The molecule has 0 saturated carbocycles.